The topological polar surface area (TPSA) is 125 Å². The average Bonchev–Trinajstić information content (AvgIpc) is 2.84. The number of nitrogens with one attached hydrogen (secondary N) is 2. The van der Waals surface area contributed by atoms with Crippen LogP contribution in [-0.4, -0.2) is 52.2 Å². The first-order valence-electron chi connectivity index (χ1n) is 6.43. The highest BCUT2D eigenvalue weighted by molar-refractivity contribution is 5.91. The molecule has 1 fully saturated rings. The third-order valence-corrected chi connectivity index (χ3v) is 3.05. The monoisotopic (exact) mass is 296 g/mol. The van der Waals surface area contributed by atoms with Crippen LogP contribution in [0.5, 0.6) is 0 Å². The van der Waals surface area contributed by atoms with E-state index >= 15 is 0 Å². The van der Waals surface area contributed by atoms with Gasteiger partial charge in [0.15, 0.2) is 5.76 Å². The summed E-state index contributed by atoms with van der Waals surface area (Å²) in [4.78, 5) is 35.8. The minimum Gasteiger partial charge on any atom is -0.481 e. The van der Waals surface area contributed by atoms with Gasteiger partial charge in [0.05, 0.1) is 18.7 Å². The van der Waals surface area contributed by atoms with Crippen LogP contribution < -0.4 is 10.6 Å². The number of aryl methyl sites for hydroxylation is 1. The Bertz CT molecular complexity index is 556. The van der Waals surface area contributed by atoms with Gasteiger partial charge in [-0.1, -0.05) is 5.16 Å². The number of carbonyl (C=O) groups is 3. The molecule has 21 heavy (non-hydrogen) atoms. The van der Waals surface area contributed by atoms with Crippen LogP contribution in [0.2, 0.25) is 0 Å². The van der Waals surface area contributed by atoms with Crippen molar-refractivity contribution in [3.05, 3.63) is 17.5 Å². The minimum absolute atomic E-state index is 0.123. The molecule has 1 aromatic heterocycles. The van der Waals surface area contributed by atoms with Crippen LogP contribution in [0.4, 0.5) is 4.79 Å². The molecule has 9 heteroatoms. The Morgan fingerprint density at radius 3 is 3.00 bits per heavy atom. The van der Waals surface area contributed by atoms with Crippen LogP contribution in [0.1, 0.15) is 17.9 Å². The molecule has 1 saturated heterocycles. The number of aliphatic carboxylic acids is 1. The molecule has 2 heterocycles. The quantitative estimate of drug-likeness (QED) is 0.686. The molecule has 9 nitrogen and oxygen atoms in total. The summed E-state index contributed by atoms with van der Waals surface area (Å²) in [7, 11) is 0. The van der Waals surface area contributed by atoms with Crippen LogP contribution in [0.3, 0.4) is 0 Å². The number of piperazine rings is 1. The lowest BCUT2D eigenvalue weighted by Gasteiger charge is -2.34. The summed E-state index contributed by atoms with van der Waals surface area (Å²) in [5.74, 6) is -1.12. The molecule has 0 aliphatic carbocycles. The Morgan fingerprint density at radius 1 is 1.62 bits per heavy atom. The zero-order chi connectivity index (χ0) is 15.4. The maximum Gasteiger partial charge on any atom is 0.318 e. The predicted molar refractivity (Wildman–Crippen MR) is 69.2 cm³/mol. The standard InChI is InChI=1S/C12H16N4O5/c1-7-4-8(21-15-7)6-14-12(20)16-3-2-13-11(19)9(16)5-10(17)18/h4,9H,2-3,5-6H2,1H3,(H,13,19)(H,14,20)(H,17,18). The Morgan fingerprint density at radius 2 is 2.38 bits per heavy atom. The molecule has 114 valence electrons. The van der Waals surface area contributed by atoms with E-state index in [1.807, 2.05) is 0 Å². The van der Waals surface area contributed by atoms with Gasteiger partial charge in [-0.15, -0.1) is 0 Å². The van der Waals surface area contributed by atoms with E-state index in [4.69, 9.17) is 9.63 Å². The zero-order valence-electron chi connectivity index (χ0n) is 11.5. The Kier molecular flexibility index (Phi) is 4.41. The first-order chi connectivity index (χ1) is 9.97. The molecule has 2 rings (SSSR count). The number of rotatable bonds is 4. The van der Waals surface area contributed by atoms with Gasteiger partial charge < -0.3 is 25.2 Å². The molecule has 0 bridgehead atoms. The van der Waals surface area contributed by atoms with E-state index in [1.54, 1.807) is 13.0 Å². The third-order valence-electron chi connectivity index (χ3n) is 3.05. The molecule has 3 N–H and O–H groups in total. The van der Waals surface area contributed by atoms with Crippen LogP contribution >= 0.6 is 0 Å². The highest BCUT2D eigenvalue weighted by atomic mass is 16.5. The van der Waals surface area contributed by atoms with E-state index in [0.717, 1.165) is 0 Å². The molecule has 1 aliphatic rings. The zero-order valence-corrected chi connectivity index (χ0v) is 11.5. The van der Waals surface area contributed by atoms with E-state index in [-0.39, 0.29) is 13.1 Å². The van der Waals surface area contributed by atoms with Crippen LogP contribution in [-0.2, 0) is 16.1 Å². The van der Waals surface area contributed by atoms with Gasteiger partial charge in [0.1, 0.15) is 6.04 Å². The molecule has 1 unspecified atom stereocenters. The second-order valence-electron chi connectivity index (χ2n) is 4.69. The molecule has 0 saturated carbocycles. The number of urea groups is 1. The second-order valence-corrected chi connectivity index (χ2v) is 4.69. The molecule has 1 atom stereocenters. The number of hydrogen-bond acceptors (Lipinski definition) is 5. The van der Waals surface area contributed by atoms with Gasteiger partial charge in [-0.25, -0.2) is 4.79 Å². The number of nitrogens with zero attached hydrogens (tertiary/aromatic N) is 2. The van der Waals surface area contributed by atoms with Crippen molar-refractivity contribution < 1.29 is 24.0 Å². The molecule has 0 aromatic carbocycles. The van der Waals surface area contributed by atoms with E-state index in [1.165, 1.54) is 4.90 Å². The van der Waals surface area contributed by atoms with Crippen molar-refractivity contribution in [3.8, 4) is 0 Å². The van der Waals surface area contributed by atoms with Gasteiger partial charge in [0.25, 0.3) is 0 Å². The van der Waals surface area contributed by atoms with Gasteiger partial charge in [0, 0.05) is 19.2 Å². The van der Waals surface area contributed by atoms with Crippen molar-refractivity contribution in [3.63, 3.8) is 0 Å². The summed E-state index contributed by atoms with van der Waals surface area (Å²) < 4.78 is 4.96. The lowest BCUT2D eigenvalue weighted by atomic mass is 10.1. The average molecular weight is 296 g/mol. The summed E-state index contributed by atoms with van der Waals surface area (Å²) in [6, 6.07) is 0.163. The van der Waals surface area contributed by atoms with Crippen molar-refractivity contribution in [1.82, 2.24) is 20.7 Å². The van der Waals surface area contributed by atoms with E-state index in [0.29, 0.717) is 18.0 Å². The smallest absolute Gasteiger partial charge is 0.318 e. The predicted octanol–water partition coefficient (Wildman–Crippen LogP) is -0.532. The summed E-state index contributed by atoms with van der Waals surface area (Å²) in [5, 5.41) is 17.7. The molecular weight excluding hydrogens is 280 g/mol. The number of carboxylic acid groups (broad SMARTS) is 1. The van der Waals surface area contributed by atoms with Crippen LogP contribution in [0.25, 0.3) is 0 Å². The largest absolute Gasteiger partial charge is 0.481 e. The summed E-state index contributed by atoms with van der Waals surface area (Å²) >= 11 is 0. The molecule has 3 amide bonds. The van der Waals surface area contributed by atoms with E-state index in [9.17, 15) is 14.4 Å². The molecule has 0 radical (unpaired) electrons. The number of carbonyl (C=O) groups excluding carboxylic acids is 2. The fraction of sp³-hybridized carbons (Fsp3) is 0.500. The normalized spacial score (nSPS) is 18.2. The SMILES string of the molecule is Cc1cc(CNC(=O)N2CCNC(=O)C2CC(=O)O)on1. The summed E-state index contributed by atoms with van der Waals surface area (Å²) in [6.07, 6.45) is -0.430. The molecule has 1 aliphatic heterocycles. The Balaban J connectivity index is 1.98. The highest BCUT2D eigenvalue weighted by Gasteiger charge is 2.34. The van der Waals surface area contributed by atoms with Crippen molar-refractivity contribution in [2.45, 2.75) is 25.9 Å². The fourth-order valence-corrected chi connectivity index (χ4v) is 2.09. The van der Waals surface area contributed by atoms with Crippen LogP contribution in [0.15, 0.2) is 10.6 Å². The number of carboxylic acids is 1. The highest BCUT2D eigenvalue weighted by Crippen LogP contribution is 2.10. The van der Waals surface area contributed by atoms with Crippen molar-refractivity contribution in [1.29, 1.82) is 0 Å². The Labute approximate surface area is 120 Å². The lowest BCUT2D eigenvalue weighted by molar-refractivity contribution is -0.142. The molecule has 0 spiro atoms. The maximum absolute atomic E-state index is 12.1. The minimum atomic E-state index is -1.14. The number of aromatic nitrogens is 1. The van der Waals surface area contributed by atoms with Crippen molar-refractivity contribution in [2.24, 2.45) is 0 Å². The number of hydrogen-bond donors (Lipinski definition) is 3. The van der Waals surface area contributed by atoms with Crippen LogP contribution in [0, 0.1) is 6.92 Å². The van der Waals surface area contributed by atoms with Gasteiger partial charge in [-0.3, -0.25) is 9.59 Å². The van der Waals surface area contributed by atoms with Crippen molar-refractivity contribution >= 4 is 17.9 Å². The lowest BCUT2D eigenvalue weighted by Crippen LogP contribution is -2.59. The first kappa shape index (κ1) is 14.8. The van der Waals surface area contributed by atoms with E-state index in [2.05, 4.69) is 15.8 Å². The Hall–Kier alpha value is -2.58. The maximum atomic E-state index is 12.1. The van der Waals surface area contributed by atoms with Gasteiger partial charge in [-0.2, -0.15) is 0 Å². The van der Waals surface area contributed by atoms with Gasteiger partial charge in [0.2, 0.25) is 5.91 Å². The fourth-order valence-electron chi connectivity index (χ4n) is 2.09. The molecular formula is C12H16N4O5. The number of amides is 3. The van der Waals surface area contributed by atoms with Crippen molar-refractivity contribution in [2.75, 3.05) is 13.1 Å². The first-order valence-corrected chi connectivity index (χ1v) is 6.43. The van der Waals surface area contributed by atoms with Gasteiger partial charge in [-0.05, 0) is 6.92 Å². The third kappa shape index (κ3) is 3.71. The van der Waals surface area contributed by atoms with Gasteiger partial charge >= 0.3 is 12.0 Å². The second kappa shape index (κ2) is 6.25. The summed E-state index contributed by atoms with van der Waals surface area (Å²) in [5.41, 5.74) is 0.695. The molecule has 1 aromatic rings. The summed E-state index contributed by atoms with van der Waals surface area (Å²) in [6.45, 7) is 2.43. The van der Waals surface area contributed by atoms with E-state index < -0.39 is 30.4 Å².